The van der Waals surface area contributed by atoms with Crippen molar-refractivity contribution < 1.29 is 4.79 Å². The van der Waals surface area contributed by atoms with E-state index in [0.29, 0.717) is 11.1 Å². The summed E-state index contributed by atoms with van der Waals surface area (Å²) in [6.07, 6.45) is 4.48. The highest BCUT2D eigenvalue weighted by Gasteiger charge is 2.29. The third kappa shape index (κ3) is 3.85. The molecule has 2 nitrogen and oxygen atoms in total. The number of carbonyl (C=O) groups excluding carboxylic acids is 1. The van der Waals surface area contributed by atoms with E-state index < -0.39 is 0 Å². The molecule has 0 bridgehead atoms. The van der Waals surface area contributed by atoms with Crippen LogP contribution in [-0.2, 0) is 0 Å². The SMILES string of the molecule is O=C(c1cc(Cl)ccc1I)N(CCCBr)C1CCC1. The van der Waals surface area contributed by atoms with Crippen LogP contribution in [0.3, 0.4) is 0 Å². The fourth-order valence-corrected chi connectivity index (χ4v) is 3.18. The Morgan fingerprint density at radius 3 is 2.79 bits per heavy atom. The van der Waals surface area contributed by atoms with Crippen molar-refractivity contribution in [2.75, 3.05) is 11.9 Å². The van der Waals surface area contributed by atoms with Gasteiger partial charge in [0, 0.05) is 26.5 Å². The van der Waals surface area contributed by atoms with Crippen molar-refractivity contribution >= 4 is 56.0 Å². The Hall–Kier alpha value is 0.190. The Labute approximate surface area is 141 Å². The Morgan fingerprint density at radius 1 is 1.47 bits per heavy atom. The van der Waals surface area contributed by atoms with Gasteiger partial charge in [-0.1, -0.05) is 27.5 Å². The van der Waals surface area contributed by atoms with Gasteiger partial charge < -0.3 is 4.90 Å². The summed E-state index contributed by atoms with van der Waals surface area (Å²) >= 11 is 11.7. The van der Waals surface area contributed by atoms with Crippen molar-refractivity contribution in [2.24, 2.45) is 0 Å². The van der Waals surface area contributed by atoms with Crippen molar-refractivity contribution in [3.05, 3.63) is 32.4 Å². The lowest BCUT2D eigenvalue weighted by atomic mass is 9.91. The van der Waals surface area contributed by atoms with Crippen LogP contribution in [0.5, 0.6) is 0 Å². The zero-order valence-electron chi connectivity index (χ0n) is 10.5. The Bertz CT molecular complexity index is 465. The van der Waals surface area contributed by atoms with E-state index in [9.17, 15) is 4.79 Å². The zero-order chi connectivity index (χ0) is 13.8. The summed E-state index contributed by atoms with van der Waals surface area (Å²) in [4.78, 5) is 14.7. The maximum absolute atomic E-state index is 12.7. The number of rotatable bonds is 5. The molecule has 1 aliphatic carbocycles. The highest BCUT2D eigenvalue weighted by atomic mass is 127. The van der Waals surface area contributed by atoms with E-state index in [-0.39, 0.29) is 5.91 Å². The predicted molar refractivity (Wildman–Crippen MR) is 91.3 cm³/mol. The summed E-state index contributed by atoms with van der Waals surface area (Å²) in [7, 11) is 0. The maximum atomic E-state index is 12.7. The monoisotopic (exact) mass is 455 g/mol. The van der Waals surface area contributed by atoms with Gasteiger partial charge in [-0.25, -0.2) is 0 Å². The number of amides is 1. The molecular formula is C14H16BrClINO. The van der Waals surface area contributed by atoms with Crippen LogP contribution in [-0.4, -0.2) is 28.7 Å². The number of nitrogens with zero attached hydrogens (tertiary/aromatic N) is 1. The van der Waals surface area contributed by atoms with Crippen molar-refractivity contribution in [1.29, 1.82) is 0 Å². The molecule has 0 spiro atoms. The second kappa shape index (κ2) is 7.27. The number of halogens is 3. The molecule has 0 unspecified atom stereocenters. The minimum absolute atomic E-state index is 0.123. The van der Waals surface area contributed by atoms with E-state index in [1.54, 1.807) is 6.07 Å². The van der Waals surface area contributed by atoms with Gasteiger partial charge in [-0.3, -0.25) is 4.79 Å². The van der Waals surface area contributed by atoms with Gasteiger partial charge in [-0.2, -0.15) is 0 Å². The van der Waals surface area contributed by atoms with Crippen LogP contribution in [0, 0.1) is 3.57 Å². The van der Waals surface area contributed by atoms with Crippen LogP contribution in [0.15, 0.2) is 18.2 Å². The van der Waals surface area contributed by atoms with E-state index in [1.807, 2.05) is 17.0 Å². The Morgan fingerprint density at radius 2 is 2.21 bits per heavy atom. The molecule has 0 atom stereocenters. The van der Waals surface area contributed by atoms with Crippen LogP contribution >= 0.6 is 50.1 Å². The molecule has 0 heterocycles. The fourth-order valence-electron chi connectivity index (χ4n) is 2.19. The fraction of sp³-hybridized carbons (Fsp3) is 0.500. The molecule has 1 aromatic rings. The molecule has 0 radical (unpaired) electrons. The first-order valence-electron chi connectivity index (χ1n) is 6.45. The average molecular weight is 457 g/mol. The molecule has 2 rings (SSSR count). The highest BCUT2D eigenvalue weighted by Crippen LogP contribution is 2.28. The van der Waals surface area contributed by atoms with Crippen LogP contribution in [0.2, 0.25) is 5.02 Å². The van der Waals surface area contributed by atoms with Crippen LogP contribution < -0.4 is 0 Å². The van der Waals surface area contributed by atoms with Gasteiger partial charge in [-0.05, 0) is 66.5 Å². The smallest absolute Gasteiger partial charge is 0.255 e. The average Bonchev–Trinajstić information content (AvgIpc) is 2.34. The van der Waals surface area contributed by atoms with E-state index in [1.165, 1.54) is 6.42 Å². The minimum Gasteiger partial charge on any atom is -0.336 e. The topological polar surface area (TPSA) is 20.3 Å². The van der Waals surface area contributed by atoms with Gasteiger partial charge in [0.05, 0.1) is 5.56 Å². The lowest BCUT2D eigenvalue weighted by Gasteiger charge is -2.37. The van der Waals surface area contributed by atoms with Crippen LogP contribution in [0.1, 0.15) is 36.0 Å². The van der Waals surface area contributed by atoms with Gasteiger partial charge in [0.2, 0.25) is 0 Å². The first-order valence-corrected chi connectivity index (χ1v) is 9.03. The van der Waals surface area contributed by atoms with E-state index in [2.05, 4.69) is 38.5 Å². The normalized spacial score (nSPS) is 15.1. The standard InChI is InChI=1S/C14H16BrClINO/c15-7-2-8-18(11-3-1-4-11)14(19)12-9-10(16)5-6-13(12)17/h5-6,9,11H,1-4,7-8H2. The second-order valence-electron chi connectivity index (χ2n) is 4.75. The molecule has 1 aliphatic rings. The van der Waals surface area contributed by atoms with E-state index in [4.69, 9.17) is 11.6 Å². The quantitative estimate of drug-likeness (QED) is 0.464. The largest absolute Gasteiger partial charge is 0.336 e. The summed E-state index contributed by atoms with van der Waals surface area (Å²) < 4.78 is 0.968. The third-order valence-electron chi connectivity index (χ3n) is 3.47. The molecule has 0 aromatic heterocycles. The minimum atomic E-state index is 0.123. The summed E-state index contributed by atoms with van der Waals surface area (Å²) in [5.41, 5.74) is 0.731. The van der Waals surface area contributed by atoms with Crippen molar-refractivity contribution in [2.45, 2.75) is 31.7 Å². The second-order valence-corrected chi connectivity index (χ2v) is 7.14. The summed E-state index contributed by atoms with van der Waals surface area (Å²) in [6.45, 7) is 0.817. The number of hydrogen-bond donors (Lipinski definition) is 0. The van der Waals surface area contributed by atoms with Gasteiger partial charge >= 0.3 is 0 Å². The van der Waals surface area contributed by atoms with Crippen molar-refractivity contribution in [1.82, 2.24) is 4.90 Å². The lowest BCUT2D eigenvalue weighted by molar-refractivity contribution is 0.0580. The first kappa shape index (κ1) is 15.6. The molecule has 1 fully saturated rings. The third-order valence-corrected chi connectivity index (χ3v) is 5.20. The zero-order valence-corrected chi connectivity index (χ0v) is 15.0. The molecule has 0 N–H and O–H groups in total. The number of carbonyl (C=O) groups is 1. The van der Waals surface area contributed by atoms with E-state index >= 15 is 0 Å². The van der Waals surface area contributed by atoms with Gasteiger partial charge in [0.15, 0.2) is 0 Å². The number of hydrogen-bond acceptors (Lipinski definition) is 1. The molecule has 1 saturated carbocycles. The van der Waals surface area contributed by atoms with Crippen molar-refractivity contribution in [3.8, 4) is 0 Å². The highest BCUT2D eigenvalue weighted by molar-refractivity contribution is 14.1. The van der Waals surface area contributed by atoms with Crippen LogP contribution in [0.25, 0.3) is 0 Å². The molecule has 19 heavy (non-hydrogen) atoms. The predicted octanol–water partition coefficient (Wildman–Crippen LogP) is 4.72. The Balaban J connectivity index is 2.19. The lowest BCUT2D eigenvalue weighted by Crippen LogP contribution is -2.45. The maximum Gasteiger partial charge on any atom is 0.255 e. The number of benzene rings is 1. The van der Waals surface area contributed by atoms with Crippen molar-refractivity contribution in [3.63, 3.8) is 0 Å². The van der Waals surface area contributed by atoms with Gasteiger partial charge in [0.25, 0.3) is 5.91 Å². The summed E-state index contributed by atoms with van der Waals surface area (Å²) in [6, 6.07) is 5.93. The number of alkyl halides is 1. The van der Waals surface area contributed by atoms with E-state index in [0.717, 1.165) is 40.3 Å². The molecule has 0 aliphatic heterocycles. The molecule has 1 aromatic carbocycles. The molecule has 0 saturated heterocycles. The summed E-state index contributed by atoms with van der Waals surface area (Å²) in [5.74, 6) is 0.123. The molecule has 104 valence electrons. The van der Waals surface area contributed by atoms with Gasteiger partial charge in [-0.15, -0.1) is 0 Å². The van der Waals surface area contributed by atoms with Crippen LogP contribution in [0.4, 0.5) is 0 Å². The molecule has 1 amide bonds. The summed E-state index contributed by atoms with van der Waals surface area (Å²) in [5, 5.41) is 1.55. The van der Waals surface area contributed by atoms with Gasteiger partial charge in [0.1, 0.15) is 0 Å². The Kier molecular flexibility index (Phi) is 5.96. The molecule has 5 heteroatoms. The first-order chi connectivity index (χ1) is 9.13. The molecular weight excluding hydrogens is 440 g/mol.